The number of pyridine rings is 1. The minimum absolute atomic E-state index is 0. The highest BCUT2D eigenvalue weighted by Gasteiger charge is 2.35. The molecule has 1 aliphatic heterocycles. The van der Waals surface area contributed by atoms with Crippen LogP contribution < -0.4 is 16.2 Å². The lowest BCUT2D eigenvalue weighted by Crippen LogP contribution is -2.32. The van der Waals surface area contributed by atoms with Gasteiger partial charge in [0.2, 0.25) is 5.91 Å². The molecular formula is C24H23ClF3N3O4. The van der Waals surface area contributed by atoms with Crippen LogP contribution in [0.5, 0.6) is 0 Å². The lowest BCUT2D eigenvalue weighted by molar-refractivity contribution is -0.143. The molecule has 11 heteroatoms. The zero-order chi connectivity index (χ0) is 24.5. The molecule has 4 rings (SSSR count). The Hall–Kier alpha value is -3.37. The zero-order valence-corrected chi connectivity index (χ0v) is 19.4. The van der Waals surface area contributed by atoms with Gasteiger partial charge in [-0.15, -0.1) is 12.4 Å². The second-order valence-electron chi connectivity index (χ2n) is 8.11. The van der Waals surface area contributed by atoms with Gasteiger partial charge in [0.1, 0.15) is 6.61 Å². The van der Waals surface area contributed by atoms with E-state index >= 15 is 0 Å². The van der Waals surface area contributed by atoms with Crippen LogP contribution in [0.25, 0.3) is 22.0 Å². The summed E-state index contributed by atoms with van der Waals surface area (Å²) in [5.74, 6) is -1.22. The van der Waals surface area contributed by atoms with E-state index in [-0.39, 0.29) is 54.2 Å². The first kappa shape index (κ1) is 26.2. The van der Waals surface area contributed by atoms with Crippen molar-refractivity contribution < 1.29 is 27.5 Å². The molecule has 0 aliphatic carbocycles. The summed E-state index contributed by atoms with van der Waals surface area (Å²) in [7, 11) is 1.62. The molecule has 1 unspecified atom stereocenters. The van der Waals surface area contributed by atoms with E-state index in [1.54, 1.807) is 25.2 Å². The number of amides is 1. The summed E-state index contributed by atoms with van der Waals surface area (Å²) in [6, 6.07) is 11.0. The molecule has 0 saturated carbocycles. The van der Waals surface area contributed by atoms with Crippen molar-refractivity contribution in [1.29, 1.82) is 0 Å². The Bertz CT molecular complexity index is 1310. The Morgan fingerprint density at radius 2 is 1.89 bits per heavy atom. The maximum atomic E-state index is 13.4. The number of esters is 1. The summed E-state index contributed by atoms with van der Waals surface area (Å²) in [6.07, 6.45) is -4.19. The summed E-state index contributed by atoms with van der Waals surface area (Å²) >= 11 is 0. The quantitative estimate of drug-likeness (QED) is 0.442. The van der Waals surface area contributed by atoms with Gasteiger partial charge in [0, 0.05) is 16.6 Å². The molecule has 1 fully saturated rings. The number of alkyl halides is 3. The highest BCUT2D eigenvalue weighted by molar-refractivity contribution is 5.90. The van der Waals surface area contributed by atoms with E-state index < -0.39 is 29.2 Å². The van der Waals surface area contributed by atoms with Gasteiger partial charge in [0.25, 0.3) is 5.56 Å². The monoisotopic (exact) mass is 509 g/mol. The number of aromatic amines is 1. The van der Waals surface area contributed by atoms with E-state index in [9.17, 15) is 27.6 Å². The van der Waals surface area contributed by atoms with Crippen molar-refractivity contribution >= 4 is 35.1 Å². The number of carbonyl (C=O) groups excluding carboxylic acids is 2. The number of likely N-dealkylation sites (N-methyl/N-ethyl adjacent to an activating group) is 1. The summed E-state index contributed by atoms with van der Waals surface area (Å²) in [6.45, 7) is 0.103. The summed E-state index contributed by atoms with van der Waals surface area (Å²) in [4.78, 5) is 39.3. The summed E-state index contributed by atoms with van der Waals surface area (Å²) < 4.78 is 45.4. The zero-order valence-electron chi connectivity index (χ0n) is 18.6. The highest BCUT2D eigenvalue weighted by atomic mass is 35.5. The Kier molecular flexibility index (Phi) is 7.86. The molecule has 0 bridgehead atoms. The van der Waals surface area contributed by atoms with Crippen LogP contribution >= 0.6 is 12.4 Å². The Morgan fingerprint density at radius 1 is 1.14 bits per heavy atom. The van der Waals surface area contributed by atoms with E-state index in [0.29, 0.717) is 17.4 Å². The maximum Gasteiger partial charge on any atom is 0.417 e. The lowest BCUT2D eigenvalue weighted by Gasteiger charge is -2.14. The van der Waals surface area contributed by atoms with Crippen molar-refractivity contribution in [2.24, 2.45) is 0 Å². The van der Waals surface area contributed by atoms with Gasteiger partial charge < -0.3 is 20.4 Å². The van der Waals surface area contributed by atoms with Crippen molar-refractivity contribution in [1.82, 2.24) is 15.6 Å². The molecule has 1 saturated heterocycles. The number of ether oxygens (including phenoxy) is 1. The molecular weight excluding hydrogens is 487 g/mol. The van der Waals surface area contributed by atoms with Gasteiger partial charge in [-0.2, -0.15) is 13.2 Å². The van der Waals surface area contributed by atoms with E-state index in [2.05, 4.69) is 15.6 Å². The predicted octanol–water partition coefficient (Wildman–Crippen LogP) is 3.37. The number of rotatable bonds is 6. The van der Waals surface area contributed by atoms with Crippen molar-refractivity contribution in [3.8, 4) is 11.3 Å². The maximum absolute atomic E-state index is 13.4. The van der Waals surface area contributed by atoms with E-state index in [1.165, 1.54) is 24.3 Å². The van der Waals surface area contributed by atoms with Crippen LogP contribution in [0.4, 0.5) is 13.2 Å². The van der Waals surface area contributed by atoms with Crippen LogP contribution in [-0.4, -0.2) is 43.1 Å². The molecule has 2 atom stereocenters. The van der Waals surface area contributed by atoms with E-state index in [4.69, 9.17) is 4.74 Å². The number of nitrogens with one attached hydrogen (secondary N) is 3. The topological polar surface area (TPSA) is 100 Å². The summed E-state index contributed by atoms with van der Waals surface area (Å²) in [5.41, 5.74) is -0.861. The second-order valence-corrected chi connectivity index (χ2v) is 8.11. The third-order valence-corrected chi connectivity index (χ3v) is 5.74. The number of aromatic nitrogens is 1. The number of hydrogen-bond donors (Lipinski definition) is 3. The van der Waals surface area contributed by atoms with Crippen molar-refractivity contribution in [2.45, 2.75) is 24.6 Å². The van der Waals surface area contributed by atoms with Gasteiger partial charge in [-0.05, 0) is 42.6 Å². The van der Waals surface area contributed by atoms with Gasteiger partial charge >= 0.3 is 12.1 Å². The largest absolute Gasteiger partial charge is 0.463 e. The Labute approximate surface area is 204 Å². The van der Waals surface area contributed by atoms with Crippen molar-refractivity contribution in [3.63, 3.8) is 0 Å². The number of benzene rings is 2. The Morgan fingerprint density at radius 3 is 2.60 bits per heavy atom. The second kappa shape index (κ2) is 10.5. The lowest BCUT2D eigenvalue weighted by atomic mass is 9.93. The highest BCUT2D eigenvalue weighted by Crippen LogP contribution is 2.37. The van der Waals surface area contributed by atoms with Crippen LogP contribution in [0.3, 0.4) is 0 Å². The first-order valence-corrected chi connectivity index (χ1v) is 10.6. The first-order chi connectivity index (χ1) is 16.2. The fraction of sp³-hybridized carbons (Fsp3) is 0.292. The van der Waals surface area contributed by atoms with E-state index in [0.717, 1.165) is 6.07 Å². The van der Waals surface area contributed by atoms with Crippen LogP contribution in [-0.2, 0) is 20.5 Å². The smallest absolute Gasteiger partial charge is 0.417 e. The average Bonchev–Trinajstić information content (AvgIpc) is 3.17. The third-order valence-electron chi connectivity index (χ3n) is 5.74. The molecule has 0 radical (unpaired) electrons. The number of carbonyl (C=O) groups is 2. The molecule has 7 nitrogen and oxygen atoms in total. The normalized spacial score (nSPS) is 17.7. The molecule has 35 heavy (non-hydrogen) atoms. The minimum atomic E-state index is -4.57. The third kappa shape index (κ3) is 5.66. The number of halogens is 4. The van der Waals surface area contributed by atoms with Gasteiger partial charge in [0.15, 0.2) is 0 Å². The first-order valence-electron chi connectivity index (χ1n) is 10.6. The summed E-state index contributed by atoms with van der Waals surface area (Å²) in [5, 5.41) is 6.19. The number of fused-ring (bicyclic) bond motifs is 1. The molecule has 1 aromatic heterocycles. The Balaban J connectivity index is 0.00000342. The van der Waals surface area contributed by atoms with Crippen molar-refractivity contribution in [2.75, 3.05) is 20.2 Å². The molecule has 1 amide bonds. The van der Waals surface area contributed by atoms with Crippen LogP contribution in [0.15, 0.2) is 53.3 Å². The van der Waals surface area contributed by atoms with Crippen molar-refractivity contribution in [3.05, 3.63) is 70.0 Å². The van der Waals surface area contributed by atoms with Crippen LogP contribution in [0, 0.1) is 0 Å². The number of H-pyrrole nitrogens is 1. The van der Waals surface area contributed by atoms with Gasteiger partial charge in [-0.1, -0.05) is 30.3 Å². The molecule has 0 spiro atoms. The predicted molar refractivity (Wildman–Crippen MR) is 126 cm³/mol. The molecule has 186 valence electrons. The van der Waals surface area contributed by atoms with Gasteiger partial charge in [-0.25, -0.2) is 0 Å². The molecule has 3 aromatic rings. The molecule has 1 aliphatic rings. The van der Waals surface area contributed by atoms with Crippen LogP contribution in [0.2, 0.25) is 0 Å². The minimum Gasteiger partial charge on any atom is -0.463 e. The average molecular weight is 510 g/mol. The number of hydrogen-bond acceptors (Lipinski definition) is 5. The fourth-order valence-corrected chi connectivity index (χ4v) is 4.14. The van der Waals surface area contributed by atoms with Gasteiger partial charge in [0.05, 0.1) is 24.1 Å². The van der Waals surface area contributed by atoms with E-state index in [1.807, 2.05) is 0 Å². The van der Waals surface area contributed by atoms with Gasteiger partial charge in [-0.3, -0.25) is 14.4 Å². The standard InChI is InChI=1S/C24H22F3N3O4.ClH/c1-28-11-21(31)34-12-15-10-18(22(32)29-15)13-6-7-14-9-20(30-23(33)17(14)8-13)16-4-2-3-5-19(16)24(25,26)27;/h2-9,15,18,28H,10-12H2,1H3,(H,29,32)(H,30,33);1H/t15?,18-;/m0./s1. The fourth-order valence-electron chi connectivity index (χ4n) is 4.14. The molecule has 2 aromatic carbocycles. The molecule has 2 heterocycles. The SMILES string of the molecule is CNCC(=O)OCC1C[C@@H](c2ccc3cc(-c4ccccc4C(F)(F)F)[nH]c(=O)c3c2)C(=O)N1.Cl. The van der Waals surface area contributed by atoms with Crippen LogP contribution in [0.1, 0.15) is 23.5 Å². The molecule has 3 N–H and O–H groups in total.